The molecule has 0 unspecified atom stereocenters. The molecule has 0 saturated heterocycles. The van der Waals surface area contributed by atoms with Crippen LogP contribution in [0.2, 0.25) is 0 Å². The number of rotatable bonds is 4. The van der Waals surface area contributed by atoms with Gasteiger partial charge in [0.15, 0.2) is 0 Å². The number of nitrogens with zero attached hydrogens (tertiary/aromatic N) is 2. The Labute approximate surface area is 131 Å². The highest BCUT2D eigenvalue weighted by atomic mass is 32.1. The van der Waals surface area contributed by atoms with Gasteiger partial charge < -0.3 is 10.6 Å². The van der Waals surface area contributed by atoms with Gasteiger partial charge in [0.1, 0.15) is 0 Å². The lowest BCUT2D eigenvalue weighted by molar-refractivity contribution is -0.138. The fourth-order valence-corrected chi connectivity index (χ4v) is 3.36. The van der Waals surface area contributed by atoms with Crippen LogP contribution in [0.1, 0.15) is 44.2 Å². The van der Waals surface area contributed by atoms with Crippen LogP contribution in [-0.2, 0) is 11.3 Å². The molecule has 4 nitrogen and oxygen atoms in total. The zero-order valence-corrected chi connectivity index (χ0v) is 13.4. The number of thiocarbonyl (C=S) groups is 1. The van der Waals surface area contributed by atoms with Crippen molar-refractivity contribution in [1.82, 2.24) is 9.88 Å². The van der Waals surface area contributed by atoms with E-state index in [9.17, 15) is 4.79 Å². The second-order valence-electron chi connectivity index (χ2n) is 5.84. The minimum absolute atomic E-state index is 0.0440. The molecule has 1 aromatic rings. The minimum Gasteiger partial charge on any atom is -0.392 e. The highest BCUT2D eigenvalue weighted by Gasteiger charge is 2.43. The summed E-state index contributed by atoms with van der Waals surface area (Å²) in [6, 6.07) is 5.72. The van der Waals surface area contributed by atoms with Crippen molar-refractivity contribution in [2.24, 2.45) is 11.1 Å². The number of carbonyl (C=O) groups is 1. The van der Waals surface area contributed by atoms with Gasteiger partial charge in [0.25, 0.3) is 0 Å². The van der Waals surface area contributed by atoms with Gasteiger partial charge in [-0.3, -0.25) is 9.78 Å². The van der Waals surface area contributed by atoms with Gasteiger partial charge in [-0.2, -0.15) is 0 Å². The van der Waals surface area contributed by atoms with Gasteiger partial charge in [-0.25, -0.2) is 0 Å². The third-order valence-electron chi connectivity index (χ3n) is 4.31. The molecular formula is C16H23N3OS. The third-order valence-corrected chi connectivity index (χ3v) is 4.70. The summed E-state index contributed by atoms with van der Waals surface area (Å²) in [6.07, 6.45) is 7.62. The van der Waals surface area contributed by atoms with E-state index < -0.39 is 5.41 Å². The first-order valence-corrected chi connectivity index (χ1v) is 7.92. The summed E-state index contributed by atoms with van der Waals surface area (Å²) < 4.78 is 0. The van der Waals surface area contributed by atoms with Crippen molar-refractivity contribution >= 4 is 23.1 Å². The molecule has 0 bridgehead atoms. The van der Waals surface area contributed by atoms with Crippen molar-refractivity contribution in [2.75, 3.05) is 7.05 Å². The first-order valence-electron chi connectivity index (χ1n) is 7.52. The Kier molecular flexibility index (Phi) is 5.28. The van der Waals surface area contributed by atoms with E-state index in [4.69, 9.17) is 18.0 Å². The minimum atomic E-state index is -0.657. The Hall–Kier alpha value is -1.49. The maximum atomic E-state index is 12.9. The van der Waals surface area contributed by atoms with E-state index in [-0.39, 0.29) is 5.91 Å². The molecule has 2 N–H and O–H groups in total. The number of hydrogen-bond acceptors (Lipinski definition) is 3. The van der Waals surface area contributed by atoms with E-state index in [0.717, 1.165) is 44.2 Å². The topological polar surface area (TPSA) is 59.2 Å². The zero-order valence-electron chi connectivity index (χ0n) is 12.5. The molecule has 114 valence electrons. The van der Waals surface area contributed by atoms with Gasteiger partial charge in [-0.15, -0.1) is 0 Å². The molecule has 1 saturated carbocycles. The molecule has 1 aliphatic carbocycles. The van der Waals surface area contributed by atoms with E-state index >= 15 is 0 Å². The standard InChI is InChI=1S/C16H23N3OS/c1-19(12-13-8-4-7-11-18-13)15(20)16(14(17)21)9-5-2-3-6-10-16/h4,7-8,11H,2-3,5-6,9-10,12H2,1H3,(H2,17,21). The van der Waals surface area contributed by atoms with Gasteiger partial charge in [0.05, 0.1) is 22.6 Å². The highest BCUT2D eigenvalue weighted by molar-refractivity contribution is 7.80. The maximum absolute atomic E-state index is 12.9. The Bertz CT molecular complexity index is 496. The van der Waals surface area contributed by atoms with Gasteiger partial charge in [0, 0.05) is 13.2 Å². The Morgan fingerprint density at radius 3 is 2.52 bits per heavy atom. The second-order valence-corrected chi connectivity index (χ2v) is 6.28. The molecule has 1 heterocycles. The Balaban J connectivity index is 2.16. The number of nitrogens with two attached hydrogens (primary N) is 1. The number of amides is 1. The van der Waals surface area contributed by atoms with Crippen LogP contribution in [-0.4, -0.2) is 27.8 Å². The van der Waals surface area contributed by atoms with Crippen molar-refractivity contribution < 1.29 is 4.79 Å². The van der Waals surface area contributed by atoms with Crippen molar-refractivity contribution in [2.45, 2.75) is 45.1 Å². The molecule has 21 heavy (non-hydrogen) atoms. The fourth-order valence-electron chi connectivity index (χ4n) is 3.07. The number of carbonyl (C=O) groups excluding carboxylic acids is 1. The molecule has 0 aliphatic heterocycles. The van der Waals surface area contributed by atoms with E-state index in [1.54, 1.807) is 11.1 Å². The van der Waals surface area contributed by atoms with Crippen LogP contribution in [0, 0.1) is 5.41 Å². The van der Waals surface area contributed by atoms with E-state index in [0.29, 0.717) is 11.5 Å². The molecule has 0 atom stereocenters. The normalized spacial score (nSPS) is 17.8. The molecule has 1 aliphatic rings. The SMILES string of the molecule is CN(Cc1ccccn1)C(=O)C1(C(N)=S)CCCCCC1. The molecule has 1 amide bonds. The summed E-state index contributed by atoms with van der Waals surface area (Å²) in [5, 5.41) is 0. The van der Waals surface area contributed by atoms with Crippen LogP contribution in [0.5, 0.6) is 0 Å². The summed E-state index contributed by atoms with van der Waals surface area (Å²) >= 11 is 5.26. The highest BCUT2D eigenvalue weighted by Crippen LogP contribution is 2.37. The fraction of sp³-hybridized carbons (Fsp3) is 0.562. The third kappa shape index (κ3) is 3.59. The van der Waals surface area contributed by atoms with Crippen LogP contribution < -0.4 is 5.73 Å². The summed E-state index contributed by atoms with van der Waals surface area (Å²) in [6.45, 7) is 0.490. The Morgan fingerprint density at radius 2 is 2.00 bits per heavy atom. The molecule has 0 aromatic carbocycles. The van der Waals surface area contributed by atoms with Crippen LogP contribution in [0.25, 0.3) is 0 Å². The average molecular weight is 305 g/mol. The first-order chi connectivity index (χ1) is 10.1. The van der Waals surface area contributed by atoms with Crippen LogP contribution in [0.15, 0.2) is 24.4 Å². The molecule has 0 spiro atoms. The summed E-state index contributed by atoms with van der Waals surface area (Å²) in [5.74, 6) is 0.0440. The lowest BCUT2D eigenvalue weighted by Crippen LogP contribution is -2.49. The summed E-state index contributed by atoms with van der Waals surface area (Å²) in [5.41, 5.74) is 6.19. The predicted octanol–water partition coefficient (Wildman–Crippen LogP) is 2.67. The molecule has 1 aromatic heterocycles. The van der Waals surface area contributed by atoms with Gasteiger partial charge in [-0.1, -0.05) is 44.0 Å². The predicted molar refractivity (Wildman–Crippen MR) is 87.6 cm³/mol. The molecule has 1 fully saturated rings. The van der Waals surface area contributed by atoms with E-state index in [1.807, 2.05) is 25.2 Å². The number of aromatic nitrogens is 1. The molecule has 5 heteroatoms. The maximum Gasteiger partial charge on any atom is 0.235 e. The van der Waals surface area contributed by atoms with E-state index in [2.05, 4.69) is 4.98 Å². The van der Waals surface area contributed by atoms with Crippen molar-refractivity contribution in [3.05, 3.63) is 30.1 Å². The van der Waals surface area contributed by atoms with Crippen LogP contribution >= 0.6 is 12.2 Å². The molecule has 2 rings (SSSR count). The number of pyridine rings is 1. The summed E-state index contributed by atoms with van der Waals surface area (Å²) in [7, 11) is 1.81. The van der Waals surface area contributed by atoms with Crippen molar-refractivity contribution in [3.8, 4) is 0 Å². The smallest absolute Gasteiger partial charge is 0.235 e. The quantitative estimate of drug-likeness (QED) is 0.686. The Morgan fingerprint density at radius 1 is 1.33 bits per heavy atom. The monoisotopic (exact) mass is 305 g/mol. The second kappa shape index (κ2) is 6.98. The van der Waals surface area contributed by atoms with Gasteiger partial charge >= 0.3 is 0 Å². The van der Waals surface area contributed by atoms with Crippen molar-refractivity contribution in [3.63, 3.8) is 0 Å². The zero-order chi connectivity index (χ0) is 15.3. The van der Waals surface area contributed by atoms with Crippen LogP contribution in [0.3, 0.4) is 0 Å². The largest absolute Gasteiger partial charge is 0.392 e. The lowest BCUT2D eigenvalue weighted by Gasteiger charge is -2.34. The first kappa shape index (κ1) is 15.9. The van der Waals surface area contributed by atoms with Gasteiger partial charge in [0.2, 0.25) is 5.91 Å². The molecular weight excluding hydrogens is 282 g/mol. The number of hydrogen-bond donors (Lipinski definition) is 1. The average Bonchev–Trinajstić information content (AvgIpc) is 2.74. The van der Waals surface area contributed by atoms with E-state index in [1.165, 1.54) is 0 Å². The van der Waals surface area contributed by atoms with Crippen molar-refractivity contribution in [1.29, 1.82) is 0 Å². The summed E-state index contributed by atoms with van der Waals surface area (Å²) in [4.78, 5) is 19.3. The van der Waals surface area contributed by atoms with Crippen LogP contribution in [0.4, 0.5) is 0 Å². The molecule has 0 radical (unpaired) electrons. The van der Waals surface area contributed by atoms with Gasteiger partial charge in [-0.05, 0) is 25.0 Å². The lowest BCUT2D eigenvalue weighted by atomic mass is 9.79.